The van der Waals surface area contributed by atoms with E-state index in [-0.39, 0.29) is 0 Å². The molecule has 3 heteroatoms. The molecule has 0 amide bonds. The van der Waals surface area contributed by atoms with Gasteiger partial charge in [-0.15, -0.1) is 0 Å². The highest BCUT2D eigenvalue weighted by Crippen LogP contribution is 2.30. The third-order valence-electron chi connectivity index (χ3n) is 3.51. The molecule has 0 saturated carbocycles. The largest absolute Gasteiger partial charge is 0.457 e. The number of aromatic nitrogens is 1. The maximum Gasteiger partial charge on any atom is 0.129 e. The summed E-state index contributed by atoms with van der Waals surface area (Å²) in [5.41, 5.74) is 2.20. The molecule has 0 radical (unpaired) electrons. The first-order valence-corrected chi connectivity index (χ1v) is 7.11. The number of hydrogen-bond donors (Lipinski definition) is 1. The second-order valence-corrected chi connectivity index (χ2v) is 5.37. The molecule has 0 saturated heterocycles. The predicted molar refractivity (Wildman–Crippen MR) is 87.3 cm³/mol. The molecule has 102 valence electrons. The van der Waals surface area contributed by atoms with Crippen LogP contribution in [0.2, 0.25) is 5.02 Å². The zero-order valence-electron chi connectivity index (χ0n) is 11.1. The second-order valence-electron chi connectivity index (χ2n) is 4.94. The molecule has 0 atom stereocenters. The number of H-pyrrole nitrogens is 1. The average Bonchev–Trinajstić information content (AvgIpc) is 2.85. The van der Waals surface area contributed by atoms with Gasteiger partial charge in [-0.1, -0.05) is 35.9 Å². The van der Waals surface area contributed by atoms with E-state index in [1.807, 2.05) is 42.5 Å². The molecule has 1 N–H and O–H groups in total. The van der Waals surface area contributed by atoms with Gasteiger partial charge in [0.25, 0.3) is 0 Å². The Labute approximate surface area is 126 Å². The Balaban J connectivity index is 1.78. The van der Waals surface area contributed by atoms with E-state index in [0.717, 1.165) is 22.5 Å². The van der Waals surface area contributed by atoms with Crippen LogP contribution < -0.4 is 4.74 Å². The van der Waals surface area contributed by atoms with Gasteiger partial charge in [0.05, 0.1) is 5.52 Å². The maximum atomic E-state index is 5.97. The lowest BCUT2D eigenvalue weighted by molar-refractivity contribution is 0.483. The van der Waals surface area contributed by atoms with E-state index in [0.29, 0.717) is 5.02 Å². The summed E-state index contributed by atoms with van der Waals surface area (Å²) in [6.07, 6.45) is 0. The Hall–Kier alpha value is -2.45. The van der Waals surface area contributed by atoms with Gasteiger partial charge >= 0.3 is 0 Å². The summed E-state index contributed by atoms with van der Waals surface area (Å²) in [6, 6.07) is 21.7. The van der Waals surface area contributed by atoms with E-state index < -0.39 is 0 Å². The van der Waals surface area contributed by atoms with Crippen molar-refractivity contribution in [3.8, 4) is 11.5 Å². The third-order valence-corrected chi connectivity index (χ3v) is 3.74. The van der Waals surface area contributed by atoms with Crippen molar-refractivity contribution in [1.29, 1.82) is 0 Å². The van der Waals surface area contributed by atoms with Crippen LogP contribution in [0.5, 0.6) is 11.5 Å². The fraction of sp³-hybridized carbons (Fsp3) is 0. The second kappa shape index (κ2) is 4.83. The molecule has 3 aromatic carbocycles. The normalized spacial score (nSPS) is 11.1. The standard InChI is InChI=1S/C18H12ClNO/c19-12-4-3-5-13(10-12)21-14-8-9-16-15-6-1-2-7-17(15)20-18(16)11-14/h1-11,20H. The SMILES string of the molecule is Clc1cccc(Oc2ccc3c(c2)[nH]c2ccccc23)c1. The lowest BCUT2D eigenvalue weighted by Crippen LogP contribution is -1.83. The van der Waals surface area contributed by atoms with Crippen LogP contribution in [0.1, 0.15) is 0 Å². The van der Waals surface area contributed by atoms with Gasteiger partial charge in [0.15, 0.2) is 0 Å². The molecule has 0 aliphatic rings. The zero-order chi connectivity index (χ0) is 14.2. The van der Waals surface area contributed by atoms with Crippen molar-refractivity contribution in [2.24, 2.45) is 0 Å². The van der Waals surface area contributed by atoms with E-state index in [2.05, 4.69) is 23.2 Å². The number of nitrogens with one attached hydrogen (secondary N) is 1. The predicted octanol–water partition coefficient (Wildman–Crippen LogP) is 5.77. The number of rotatable bonds is 2. The van der Waals surface area contributed by atoms with Crippen LogP contribution in [0.25, 0.3) is 21.8 Å². The number of fused-ring (bicyclic) bond motifs is 3. The molecule has 21 heavy (non-hydrogen) atoms. The van der Waals surface area contributed by atoms with Crippen LogP contribution in [-0.4, -0.2) is 4.98 Å². The van der Waals surface area contributed by atoms with Crippen molar-refractivity contribution in [2.75, 3.05) is 0 Å². The first kappa shape index (κ1) is 12.3. The smallest absolute Gasteiger partial charge is 0.129 e. The van der Waals surface area contributed by atoms with Gasteiger partial charge in [-0.05, 0) is 36.4 Å². The number of hydrogen-bond acceptors (Lipinski definition) is 1. The quantitative estimate of drug-likeness (QED) is 0.499. The first-order chi connectivity index (χ1) is 10.3. The van der Waals surface area contributed by atoms with Crippen molar-refractivity contribution in [3.05, 3.63) is 71.8 Å². The van der Waals surface area contributed by atoms with Gasteiger partial charge < -0.3 is 9.72 Å². The van der Waals surface area contributed by atoms with Crippen LogP contribution in [-0.2, 0) is 0 Å². The van der Waals surface area contributed by atoms with Crippen LogP contribution in [0.3, 0.4) is 0 Å². The van der Waals surface area contributed by atoms with Gasteiger partial charge in [-0.25, -0.2) is 0 Å². The number of benzene rings is 3. The molecule has 0 aliphatic heterocycles. The van der Waals surface area contributed by atoms with E-state index in [1.165, 1.54) is 10.8 Å². The Morgan fingerprint density at radius 1 is 0.714 bits per heavy atom. The summed E-state index contributed by atoms with van der Waals surface area (Å²) >= 11 is 5.97. The molecule has 0 bridgehead atoms. The zero-order valence-corrected chi connectivity index (χ0v) is 11.9. The van der Waals surface area contributed by atoms with Crippen molar-refractivity contribution < 1.29 is 4.74 Å². The molecule has 0 unspecified atom stereocenters. The van der Waals surface area contributed by atoms with Crippen LogP contribution in [0.4, 0.5) is 0 Å². The van der Waals surface area contributed by atoms with Gasteiger partial charge in [0.1, 0.15) is 11.5 Å². The summed E-state index contributed by atoms with van der Waals surface area (Å²) in [6.45, 7) is 0. The minimum atomic E-state index is 0.666. The summed E-state index contributed by atoms with van der Waals surface area (Å²) in [4.78, 5) is 3.41. The lowest BCUT2D eigenvalue weighted by Gasteiger charge is -2.05. The number of aromatic amines is 1. The molecule has 0 fully saturated rings. The number of para-hydroxylation sites is 1. The van der Waals surface area contributed by atoms with Crippen LogP contribution in [0.15, 0.2) is 66.7 Å². The van der Waals surface area contributed by atoms with Gasteiger partial charge in [0, 0.05) is 27.4 Å². The lowest BCUT2D eigenvalue weighted by atomic mass is 10.1. The first-order valence-electron chi connectivity index (χ1n) is 6.73. The van der Waals surface area contributed by atoms with Gasteiger partial charge in [0.2, 0.25) is 0 Å². The van der Waals surface area contributed by atoms with Crippen molar-refractivity contribution in [2.45, 2.75) is 0 Å². The molecular weight excluding hydrogens is 282 g/mol. The Morgan fingerprint density at radius 2 is 1.52 bits per heavy atom. The van der Waals surface area contributed by atoms with Crippen molar-refractivity contribution in [1.82, 2.24) is 4.98 Å². The monoisotopic (exact) mass is 293 g/mol. The fourth-order valence-electron chi connectivity index (χ4n) is 2.56. The molecule has 2 nitrogen and oxygen atoms in total. The molecule has 4 rings (SSSR count). The highest BCUT2D eigenvalue weighted by molar-refractivity contribution is 6.30. The highest BCUT2D eigenvalue weighted by atomic mass is 35.5. The summed E-state index contributed by atoms with van der Waals surface area (Å²) in [5, 5.41) is 3.09. The minimum Gasteiger partial charge on any atom is -0.457 e. The van der Waals surface area contributed by atoms with E-state index >= 15 is 0 Å². The summed E-state index contributed by atoms with van der Waals surface area (Å²) in [7, 11) is 0. The Morgan fingerprint density at radius 3 is 2.43 bits per heavy atom. The molecule has 0 spiro atoms. The number of ether oxygens (including phenoxy) is 1. The van der Waals surface area contributed by atoms with E-state index in [1.54, 1.807) is 6.07 Å². The van der Waals surface area contributed by atoms with Crippen LogP contribution >= 0.6 is 11.6 Å². The molecule has 4 aromatic rings. The molecule has 0 aliphatic carbocycles. The summed E-state index contributed by atoms with van der Waals surface area (Å²) in [5.74, 6) is 1.52. The van der Waals surface area contributed by atoms with E-state index in [4.69, 9.17) is 16.3 Å². The maximum absolute atomic E-state index is 5.97. The molecular formula is C18H12ClNO. The average molecular weight is 294 g/mol. The van der Waals surface area contributed by atoms with Gasteiger partial charge in [-0.2, -0.15) is 0 Å². The van der Waals surface area contributed by atoms with Crippen molar-refractivity contribution >= 4 is 33.4 Å². The Kier molecular flexibility index (Phi) is 2.83. The van der Waals surface area contributed by atoms with Crippen LogP contribution in [0, 0.1) is 0 Å². The fourth-order valence-corrected chi connectivity index (χ4v) is 2.74. The van der Waals surface area contributed by atoms with Gasteiger partial charge in [-0.3, -0.25) is 0 Å². The molecule has 1 heterocycles. The van der Waals surface area contributed by atoms with E-state index in [9.17, 15) is 0 Å². The minimum absolute atomic E-state index is 0.666. The number of halogens is 1. The summed E-state index contributed by atoms with van der Waals surface area (Å²) < 4.78 is 5.86. The topological polar surface area (TPSA) is 25.0 Å². The van der Waals surface area contributed by atoms with Crippen molar-refractivity contribution in [3.63, 3.8) is 0 Å². The molecule has 1 aromatic heterocycles. The Bertz CT molecular complexity index is 942. The highest BCUT2D eigenvalue weighted by Gasteiger charge is 2.05. The third kappa shape index (κ3) is 2.24.